The van der Waals surface area contributed by atoms with Gasteiger partial charge in [-0.05, 0) is 29.6 Å². The average Bonchev–Trinajstić information content (AvgIpc) is 3.22. The van der Waals surface area contributed by atoms with E-state index in [1.54, 1.807) is 6.07 Å². The summed E-state index contributed by atoms with van der Waals surface area (Å²) in [5.74, 6) is 0.481. The fourth-order valence-corrected chi connectivity index (χ4v) is 2.71. The van der Waals surface area contributed by atoms with Gasteiger partial charge in [0.05, 0.1) is 33.9 Å². The molecule has 0 radical (unpaired) electrons. The Labute approximate surface area is 139 Å². The highest BCUT2D eigenvalue weighted by Crippen LogP contribution is 2.32. The number of anilines is 1. The Morgan fingerprint density at radius 2 is 2.12 bits per heavy atom. The first-order chi connectivity index (χ1) is 11.5. The summed E-state index contributed by atoms with van der Waals surface area (Å²) < 4.78 is 43.4. The van der Waals surface area contributed by atoms with Crippen LogP contribution in [0.2, 0.25) is 0 Å². The number of hydrogen-bond acceptors (Lipinski definition) is 5. The second-order valence-corrected chi connectivity index (χ2v) is 5.79. The quantitative estimate of drug-likeness (QED) is 0.727. The topological polar surface area (TPSA) is 61.9 Å². The van der Waals surface area contributed by atoms with Gasteiger partial charge in [-0.3, -0.25) is 0 Å². The molecule has 3 rings (SSSR count). The molecule has 1 aromatic carbocycles. The van der Waals surface area contributed by atoms with Crippen LogP contribution in [0.25, 0.3) is 10.8 Å². The van der Waals surface area contributed by atoms with Crippen molar-refractivity contribution in [3.05, 3.63) is 58.8 Å². The lowest BCUT2D eigenvalue weighted by atomic mass is 10.1. The molecule has 0 saturated heterocycles. The number of rotatable bonds is 4. The maximum absolute atomic E-state index is 12.7. The van der Waals surface area contributed by atoms with Gasteiger partial charge in [-0.15, -0.1) is 11.3 Å². The highest BCUT2D eigenvalue weighted by molar-refractivity contribution is 7.13. The summed E-state index contributed by atoms with van der Waals surface area (Å²) in [5.41, 5.74) is -0.0359. The Morgan fingerprint density at radius 1 is 1.29 bits per heavy atom. The summed E-state index contributed by atoms with van der Waals surface area (Å²) in [4.78, 5) is 5.18. The van der Waals surface area contributed by atoms with Gasteiger partial charge in [-0.2, -0.15) is 18.4 Å². The van der Waals surface area contributed by atoms with Gasteiger partial charge in [0.1, 0.15) is 12.3 Å². The van der Waals surface area contributed by atoms with E-state index >= 15 is 0 Å². The Balaban J connectivity index is 1.74. The monoisotopic (exact) mass is 349 g/mol. The van der Waals surface area contributed by atoms with Crippen molar-refractivity contribution < 1.29 is 17.6 Å². The number of halogens is 3. The summed E-state index contributed by atoms with van der Waals surface area (Å²) >= 11 is 1.49. The van der Waals surface area contributed by atoms with Gasteiger partial charge in [-0.25, -0.2) is 4.98 Å². The minimum Gasteiger partial charge on any atom is -0.443 e. The molecule has 2 aromatic heterocycles. The summed E-state index contributed by atoms with van der Waals surface area (Å²) in [7, 11) is 0. The number of nitrogens with one attached hydrogen (secondary N) is 1. The number of thiophene rings is 1. The van der Waals surface area contributed by atoms with Crippen LogP contribution in [-0.4, -0.2) is 4.98 Å². The first kappa shape index (κ1) is 16.1. The van der Waals surface area contributed by atoms with E-state index in [4.69, 9.17) is 9.68 Å². The molecule has 0 bridgehead atoms. The van der Waals surface area contributed by atoms with E-state index < -0.39 is 11.7 Å². The third kappa shape index (κ3) is 3.41. The standard InChI is InChI=1S/C16H10F3N3OS/c17-16(18,19)11-3-4-13(10(6-11)7-20)21-8-12-9-23-15(22-12)14-2-1-5-24-14/h1-6,9,21H,8H2. The molecule has 0 aliphatic heterocycles. The highest BCUT2D eigenvalue weighted by Gasteiger charge is 2.31. The molecule has 0 fully saturated rings. The fourth-order valence-electron chi connectivity index (χ4n) is 2.05. The minimum atomic E-state index is -4.48. The van der Waals surface area contributed by atoms with Gasteiger partial charge in [0, 0.05) is 0 Å². The largest absolute Gasteiger partial charge is 0.443 e. The third-order valence-corrected chi connectivity index (χ3v) is 4.07. The number of nitriles is 1. The van der Waals surface area contributed by atoms with Crippen LogP contribution in [0, 0.1) is 11.3 Å². The normalized spacial score (nSPS) is 11.2. The predicted molar refractivity (Wildman–Crippen MR) is 83.3 cm³/mol. The van der Waals surface area contributed by atoms with Crippen LogP contribution in [0.1, 0.15) is 16.8 Å². The molecule has 2 heterocycles. The van der Waals surface area contributed by atoms with E-state index in [0.29, 0.717) is 17.3 Å². The molecule has 0 atom stereocenters. The van der Waals surface area contributed by atoms with E-state index in [0.717, 1.165) is 17.0 Å². The van der Waals surface area contributed by atoms with Crippen LogP contribution < -0.4 is 5.32 Å². The SMILES string of the molecule is N#Cc1cc(C(F)(F)F)ccc1NCc1coc(-c2cccs2)n1. The molecule has 122 valence electrons. The molecule has 0 saturated carbocycles. The van der Waals surface area contributed by atoms with Crippen molar-refractivity contribution in [2.75, 3.05) is 5.32 Å². The minimum absolute atomic E-state index is 0.0770. The molecule has 0 spiro atoms. The van der Waals surface area contributed by atoms with Crippen molar-refractivity contribution in [2.24, 2.45) is 0 Å². The zero-order chi connectivity index (χ0) is 17.2. The van der Waals surface area contributed by atoms with Crippen LogP contribution in [0.4, 0.5) is 18.9 Å². The number of nitrogens with zero attached hydrogens (tertiary/aromatic N) is 2. The van der Waals surface area contributed by atoms with Gasteiger partial charge < -0.3 is 9.73 Å². The summed E-state index contributed by atoms with van der Waals surface area (Å²) in [6, 6.07) is 8.51. The summed E-state index contributed by atoms with van der Waals surface area (Å²) in [6.07, 6.45) is -3.01. The Hall–Kier alpha value is -2.79. The zero-order valence-electron chi connectivity index (χ0n) is 12.1. The lowest BCUT2D eigenvalue weighted by molar-refractivity contribution is -0.137. The Bertz CT molecular complexity index is 879. The maximum Gasteiger partial charge on any atom is 0.416 e. The van der Waals surface area contributed by atoms with Gasteiger partial charge in [0.15, 0.2) is 0 Å². The maximum atomic E-state index is 12.7. The van der Waals surface area contributed by atoms with E-state index in [9.17, 15) is 13.2 Å². The summed E-state index contributed by atoms with van der Waals surface area (Å²) in [5, 5.41) is 13.9. The van der Waals surface area contributed by atoms with Crippen LogP contribution in [0.15, 0.2) is 46.4 Å². The van der Waals surface area contributed by atoms with Crippen molar-refractivity contribution in [3.8, 4) is 16.8 Å². The van der Waals surface area contributed by atoms with Crippen LogP contribution >= 0.6 is 11.3 Å². The lowest BCUT2D eigenvalue weighted by Gasteiger charge is -2.10. The molecule has 0 aliphatic rings. The van der Waals surface area contributed by atoms with Gasteiger partial charge in [0.2, 0.25) is 5.89 Å². The highest BCUT2D eigenvalue weighted by atomic mass is 32.1. The average molecular weight is 349 g/mol. The van der Waals surface area contributed by atoms with Crippen LogP contribution in [-0.2, 0) is 12.7 Å². The third-order valence-electron chi connectivity index (χ3n) is 3.21. The van der Waals surface area contributed by atoms with Crippen molar-refractivity contribution in [2.45, 2.75) is 12.7 Å². The number of oxazole rings is 1. The second-order valence-electron chi connectivity index (χ2n) is 4.84. The fraction of sp³-hybridized carbons (Fsp3) is 0.125. The number of aromatic nitrogens is 1. The number of benzene rings is 1. The first-order valence-corrected chi connectivity index (χ1v) is 7.69. The molecule has 8 heteroatoms. The van der Waals surface area contributed by atoms with Crippen molar-refractivity contribution in [1.29, 1.82) is 5.26 Å². The molecule has 24 heavy (non-hydrogen) atoms. The van der Waals surface area contributed by atoms with Crippen LogP contribution in [0.5, 0.6) is 0 Å². The zero-order valence-corrected chi connectivity index (χ0v) is 12.9. The molecule has 4 nitrogen and oxygen atoms in total. The summed E-state index contributed by atoms with van der Waals surface area (Å²) in [6.45, 7) is 0.231. The van der Waals surface area contributed by atoms with E-state index in [-0.39, 0.29) is 12.1 Å². The first-order valence-electron chi connectivity index (χ1n) is 6.81. The lowest BCUT2D eigenvalue weighted by Crippen LogP contribution is -2.07. The number of hydrogen-bond donors (Lipinski definition) is 1. The Morgan fingerprint density at radius 3 is 2.79 bits per heavy atom. The molecule has 1 N–H and O–H groups in total. The molecular formula is C16H10F3N3OS. The molecular weight excluding hydrogens is 339 g/mol. The number of alkyl halides is 3. The molecule has 3 aromatic rings. The van der Waals surface area contributed by atoms with Crippen molar-refractivity contribution in [1.82, 2.24) is 4.98 Å². The van der Waals surface area contributed by atoms with Crippen molar-refractivity contribution >= 4 is 17.0 Å². The second kappa shape index (κ2) is 6.37. The molecule has 0 amide bonds. The molecule has 0 unspecified atom stereocenters. The van der Waals surface area contributed by atoms with E-state index in [1.807, 2.05) is 17.5 Å². The smallest absolute Gasteiger partial charge is 0.416 e. The van der Waals surface area contributed by atoms with E-state index in [1.165, 1.54) is 23.7 Å². The van der Waals surface area contributed by atoms with E-state index in [2.05, 4.69) is 10.3 Å². The van der Waals surface area contributed by atoms with Gasteiger partial charge >= 0.3 is 6.18 Å². The van der Waals surface area contributed by atoms with Gasteiger partial charge in [0.25, 0.3) is 0 Å². The molecule has 0 aliphatic carbocycles. The van der Waals surface area contributed by atoms with Crippen molar-refractivity contribution in [3.63, 3.8) is 0 Å². The van der Waals surface area contributed by atoms with Gasteiger partial charge in [-0.1, -0.05) is 6.07 Å². The predicted octanol–water partition coefficient (Wildman–Crippen LogP) is 4.91. The van der Waals surface area contributed by atoms with Crippen LogP contribution in [0.3, 0.4) is 0 Å². The Kier molecular flexibility index (Phi) is 4.27.